The maximum Gasteiger partial charge on any atom is 0.127 e. The number of hydrogen-bond donors (Lipinski definition) is 1. The molecule has 1 heterocycles. The van der Waals surface area contributed by atoms with Crippen molar-refractivity contribution in [3.8, 4) is 16.9 Å². The van der Waals surface area contributed by atoms with Crippen LogP contribution in [-0.4, -0.2) is 5.11 Å². The minimum atomic E-state index is 0.0777. The van der Waals surface area contributed by atoms with Crippen LogP contribution in [0.3, 0.4) is 0 Å². The fourth-order valence-corrected chi connectivity index (χ4v) is 2.48. The Morgan fingerprint density at radius 3 is 2.78 bits per heavy atom. The number of aliphatic hydroxyl groups is 1. The lowest BCUT2D eigenvalue weighted by molar-refractivity contribution is 0.281. The van der Waals surface area contributed by atoms with Gasteiger partial charge in [0, 0.05) is 5.56 Å². The summed E-state index contributed by atoms with van der Waals surface area (Å²) in [6, 6.07) is 10.2. The summed E-state index contributed by atoms with van der Waals surface area (Å²) in [7, 11) is 0. The highest BCUT2D eigenvalue weighted by atomic mass is 16.5. The van der Waals surface area contributed by atoms with Crippen LogP contribution in [0.15, 0.2) is 30.3 Å². The van der Waals surface area contributed by atoms with Crippen LogP contribution in [0, 0.1) is 13.8 Å². The van der Waals surface area contributed by atoms with Crippen LogP contribution < -0.4 is 4.74 Å². The van der Waals surface area contributed by atoms with Gasteiger partial charge >= 0.3 is 0 Å². The predicted molar refractivity (Wildman–Crippen MR) is 71.6 cm³/mol. The summed E-state index contributed by atoms with van der Waals surface area (Å²) in [5.74, 6) is 0.945. The van der Waals surface area contributed by atoms with E-state index in [-0.39, 0.29) is 6.61 Å². The lowest BCUT2D eigenvalue weighted by atomic mass is 9.90. The first-order valence-corrected chi connectivity index (χ1v) is 6.16. The lowest BCUT2D eigenvalue weighted by Gasteiger charge is -2.24. The topological polar surface area (TPSA) is 29.5 Å². The van der Waals surface area contributed by atoms with Crippen molar-refractivity contribution < 1.29 is 9.84 Å². The molecule has 0 radical (unpaired) electrons. The van der Waals surface area contributed by atoms with Crippen LogP contribution in [0.4, 0.5) is 0 Å². The normalized spacial score (nSPS) is 12.6. The number of aliphatic hydroxyl groups excluding tert-OH is 1. The van der Waals surface area contributed by atoms with Gasteiger partial charge in [0.2, 0.25) is 0 Å². The molecule has 1 N–H and O–H groups in total. The van der Waals surface area contributed by atoms with Gasteiger partial charge in [0.25, 0.3) is 0 Å². The van der Waals surface area contributed by atoms with Gasteiger partial charge in [0.05, 0.1) is 6.61 Å². The Morgan fingerprint density at radius 2 is 2.00 bits per heavy atom. The molecule has 0 saturated carbocycles. The summed E-state index contributed by atoms with van der Waals surface area (Å²) in [5, 5.41) is 9.28. The van der Waals surface area contributed by atoms with Crippen molar-refractivity contribution in [1.29, 1.82) is 0 Å². The molecule has 1 aliphatic rings. The van der Waals surface area contributed by atoms with Crippen LogP contribution in [-0.2, 0) is 13.2 Å². The Morgan fingerprint density at radius 1 is 1.17 bits per heavy atom. The van der Waals surface area contributed by atoms with Crippen LogP contribution in [0.2, 0.25) is 0 Å². The number of aryl methyl sites for hydroxylation is 1. The third-order valence-corrected chi connectivity index (χ3v) is 3.71. The summed E-state index contributed by atoms with van der Waals surface area (Å²) >= 11 is 0. The molecule has 2 nitrogen and oxygen atoms in total. The number of ether oxygens (including phenoxy) is 1. The lowest BCUT2D eigenvalue weighted by Crippen LogP contribution is -2.07. The van der Waals surface area contributed by atoms with E-state index in [0.29, 0.717) is 6.61 Å². The number of rotatable bonds is 1. The van der Waals surface area contributed by atoms with Gasteiger partial charge in [-0.15, -0.1) is 0 Å². The van der Waals surface area contributed by atoms with E-state index < -0.39 is 0 Å². The number of fused-ring (bicyclic) bond motifs is 3. The maximum atomic E-state index is 9.28. The Labute approximate surface area is 107 Å². The number of hydrogen-bond acceptors (Lipinski definition) is 2. The quantitative estimate of drug-likeness (QED) is 0.828. The zero-order valence-electron chi connectivity index (χ0n) is 10.7. The Bertz CT molecular complexity index is 615. The molecular weight excluding hydrogens is 224 g/mol. The summed E-state index contributed by atoms with van der Waals surface area (Å²) in [6.07, 6.45) is 0. The molecule has 2 heteroatoms. The van der Waals surface area contributed by atoms with E-state index in [2.05, 4.69) is 26.0 Å². The first-order chi connectivity index (χ1) is 8.70. The van der Waals surface area contributed by atoms with Gasteiger partial charge in [-0.25, -0.2) is 0 Å². The molecule has 92 valence electrons. The number of benzene rings is 2. The molecule has 3 rings (SSSR count). The summed E-state index contributed by atoms with van der Waals surface area (Å²) in [4.78, 5) is 0. The molecular formula is C16H16O2. The van der Waals surface area contributed by atoms with Crippen LogP contribution in [0.25, 0.3) is 11.1 Å². The van der Waals surface area contributed by atoms with Gasteiger partial charge < -0.3 is 9.84 Å². The third kappa shape index (κ3) is 1.61. The summed E-state index contributed by atoms with van der Waals surface area (Å²) < 4.78 is 5.80. The third-order valence-electron chi connectivity index (χ3n) is 3.71. The van der Waals surface area contributed by atoms with Gasteiger partial charge in [-0.3, -0.25) is 0 Å². The fraction of sp³-hybridized carbons (Fsp3) is 0.250. The molecule has 0 atom stereocenters. The largest absolute Gasteiger partial charge is 0.488 e. The van der Waals surface area contributed by atoms with E-state index in [1.165, 1.54) is 27.8 Å². The van der Waals surface area contributed by atoms with E-state index >= 15 is 0 Å². The second-order valence-corrected chi connectivity index (χ2v) is 4.82. The molecule has 18 heavy (non-hydrogen) atoms. The minimum absolute atomic E-state index is 0.0777. The van der Waals surface area contributed by atoms with Crippen molar-refractivity contribution in [1.82, 2.24) is 0 Å². The van der Waals surface area contributed by atoms with Crippen molar-refractivity contribution in [2.75, 3.05) is 0 Å². The standard InChI is InChI=1S/C16H16O2/c1-10-3-6-15-16(11(10)2)14-7-12(8-17)4-5-13(14)9-18-15/h3-7,17H,8-9H2,1-2H3. The zero-order chi connectivity index (χ0) is 12.7. The second-order valence-electron chi connectivity index (χ2n) is 4.82. The highest BCUT2D eigenvalue weighted by Crippen LogP contribution is 2.41. The Hall–Kier alpha value is -1.80. The molecule has 0 unspecified atom stereocenters. The molecule has 0 saturated heterocycles. The summed E-state index contributed by atoms with van der Waals surface area (Å²) in [6.45, 7) is 4.92. The van der Waals surface area contributed by atoms with Gasteiger partial charge in [-0.1, -0.05) is 18.2 Å². The average Bonchev–Trinajstić information content (AvgIpc) is 2.41. The predicted octanol–water partition coefficient (Wildman–Crippen LogP) is 3.36. The Kier molecular flexibility index (Phi) is 2.60. The first kappa shape index (κ1) is 11.3. The van der Waals surface area contributed by atoms with Crippen LogP contribution in [0.1, 0.15) is 22.3 Å². The van der Waals surface area contributed by atoms with Crippen LogP contribution >= 0.6 is 0 Å². The summed E-state index contributed by atoms with van der Waals surface area (Å²) in [5.41, 5.74) is 7.02. The molecule has 0 aliphatic carbocycles. The average molecular weight is 240 g/mol. The van der Waals surface area contributed by atoms with E-state index in [9.17, 15) is 5.11 Å². The van der Waals surface area contributed by atoms with Crippen LogP contribution in [0.5, 0.6) is 5.75 Å². The highest BCUT2D eigenvalue weighted by Gasteiger charge is 2.20. The smallest absolute Gasteiger partial charge is 0.127 e. The second kappa shape index (κ2) is 4.14. The van der Waals surface area contributed by atoms with E-state index in [4.69, 9.17) is 4.74 Å². The maximum absolute atomic E-state index is 9.28. The molecule has 0 amide bonds. The van der Waals surface area contributed by atoms with Crippen molar-refractivity contribution in [3.63, 3.8) is 0 Å². The van der Waals surface area contributed by atoms with Gasteiger partial charge in [-0.05, 0) is 53.8 Å². The van der Waals surface area contributed by atoms with E-state index in [1.807, 2.05) is 18.2 Å². The first-order valence-electron chi connectivity index (χ1n) is 6.16. The highest BCUT2D eigenvalue weighted by molar-refractivity contribution is 5.79. The van der Waals surface area contributed by atoms with Crippen molar-refractivity contribution in [2.24, 2.45) is 0 Å². The Balaban J connectivity index is 2.29. The zero-order valence-corrected chi connectivity index (χ0v) is 10.7. The van der Waals surface area contributed by atoms with Gasteiger partial charge in [0.1, 0.15) is 12.4 Å². The fourth-order valence-electron chi connectivity index (χ4n) is 2.48. The van der Waals surface area contributed by atoms with Crippen molar-refractivity contribution >= 4 is 0 Å². The molecule has 0 spiro atoms. The molecule has 0 fully saturated rings. The molecule has 1 aliphatic heterocycles. The minimum Gasteiger partial charge on any atom is -0.488 e. The van der Waals surface area contributed by atoms with Crippen molar-refractivity contribution in [3.05, 3.63) is 52.6 Å². The SMILES string of the molecule is Cc1ccc2c(c1C)-c1cc(CO)ccc1CO2. The monoisotopic (exact) mass is 240 g/mol. The van der Waals surface area contributed by atoms with Gasteiger partial charge in [0.15, 0.2) is 0 Å². The molecule has 0 aromatic heterocycles. The van der Waals surface area contributed by atoms with E-state index in [0.717, 1.165) is 11.3 Å². The molecule has 2 aromatic carbocycles. The van der Waals surface area contributed by atoms with Crippen molar-refractivity contribution in [2.45, 2.75) is 27.1 Å². The van der Waals surface area contributed by atoms with Gasteiger partial charge in [-0.2, -0.15) is 0 Å². The molecule has 0 bridgehead atoms. The van der Waals surface area contributed by atoms with E-state index in [1.54, 1.807) is 0 Å². The molecule has 2 aromatic rings.